The summed E-state index contributed by atoms with van der Waals surface area (Å²) >= 11 is 3.51. The summed E-state index contributed by atoms with van der Waals surface area (Å²) in [6.07, 6.45) is 14.4. The van der Waals surface area contributed by atoms with Crippen LogP contribution in [0.1, 0.15) is 119 Å². The number of nitrogens with zero attached hydrogens (tertiary/aromatic N) is 6. The third kappa shape index (κ3) is 15.4. The molecule has 0 saturated heterocycles. The molecule has 10 aromatic carbocycles. The van der Waals surface area contributed by atoms with E-state index in [1.165, 1.54) is 114 Å². The molecular weight excluding hydrogens is 1320 g/mol. The van der Waals surface area contributed by atoms with Crippen LogP contribution in [0.5, 0.6) is 46.0 Å². The molecule has 0 saturated carbocycles. The van der Waals surface area contributed by atoms with E-state index in [4.69, 9.17) is 34.4 Å². The first kappa shape index (κ1) is 70.5. The van der Waals surface area contributed by atoms with Gasteiger partial charge in [-0.25, -0.2) is 29.9 Å². The van der Waals surface area contributed by atoms with Crippen molar-refractivity contribution in [1.29, 1.82) is 0 Å². The van der Waals surface area contributed by atoms with Crippen LogP contribution in [-0.2, 0) is 0 Å². The largest absolute Gasteiger partial charge is 0.508 e. The third-order valence-electron chi connectivity index (χ3n) is 19.5. The van der Waals surface area contributed by atoms with Crippen molar-refractivity contribution in [2.75, 3.05) is 18.5 Å². The molecule has 0 spiro atoms. The second-order valence-corrected chi connectivity index (χ2v) is 26.9. The molecule has 14 nitrogen and oxygen atoms in total. The molecule has 14 rings (SSSR count). The molecule has 12 aromatic rings. The molecule has 0 radical (unpaired) electrons. The lowest BCUT2D eigenvalue weighted by atomic mass is 9.98. The van der Waals surface area contributed by atoms with Gasteiger partial charge in [0.2, 0.25) is 0 Å². The molecule has 2 aromatic heterocycles. The molecule has 0 amide bonds. The summed E-state index contributed by atoms with van der Waals surface area (Å²) in [7, 11) is 0. The highest BCUT2D eigenvalue weighted by atomic mass is 79.9. The molecule has 0 bridgehead atoms. The zero-order chi connectivity index (χ0) is 70.7. The highest BCUT2D eigenvalue weighted by Gasteiger charge is 2.28. The second kappa shape index (κ2) is 32.3. The molecule has 15 heteroatoms. The van der Waals surface area contributed by atoms with Crippen molar-refractivity contribution in [3.8, 4) is 159 Å². The Kier molecular flexibility index (Phi) is 22.5. The molecule has 0 fully saturated rings. The van der Waals surface area contributed by atoms with Crippen molar-refractivity contribution in [3.63, 3.8) is 0 Å². The predicted molar refractivity (Wildman–Crippen MR) is 411 cm³/mol. The normalized spacial score (nSPS) is 12.4. The fourth-order valence-electron chi connectivity index (χ4n) is 13.6. The molecule has 3 atom stereocenters. The molecule has 2 aliphatic rings. The van der Waals surface area contributed by atoms with Gasteiger partial charge in [-0.3, -0.25) is 0 Å². The SMILES string of the molecule is CCCCC(CC)CBr.CCCCC(CC)COc1ccc(-c2nc(-c3ccc(OCC(CC)CCCC)cc3O)nc(-c3ccc4c5c(cccc35)-c3ccccc3-4)n2)c(O)c1.Oc1ccc(-c2nc(-c3ccc(O)cc3O)nc(-c3ccc4c5c(cccc35)-c3ccccc3-4)n2)c(O)c1. The second-order valence-electron chi connectivity index (χ2n) is 26.3. The fraction of sp³-hybridized carbons (Fsp3) is 0.279. The average Bonchev–Trinajstić information content (AvgIpc) is 1.60. The lowest BCUT2D eigenvalue weighted by Gasteiger charge is -2.17. The van der Waals surface area contributed by atoms with Crippen molar-refractivity contribution in [2.24, 2.45) is 17.8 Å². The number of hydrogen-bond donors (Lipinski definition) is 6. The Morgan fingerprint density at radius 2 is 0.594 bits per heavy atom. The Balaban J connectivity index is 0.000000178. The van der Waals surface area contributed by atoms with Crippen LogP contribution >= 0.6 is 15.9 Å². The van der Waals surface area contributed by atoms with Crippen molar-refractivity contribution in [2.45, 2.75) is 119 Å². The summed E-state index contributed by atoms with van der Waals surface area (Å²) in [4.78, 5) is 28.8. The number of ether oxygens (including phenoxy) is 2. The predicted octanol–water partition coefficient (Wildman–Crippen LogP) is 22.4. The molecule has 6 N–H and O–H groups in total. The van der Waals surface area contributed by atoms with Crippen LogP contribution in [0.3, 0.4) is 0 Å². The lowest BCUT2D eigenvalue weighted by Crippen LogP contribution is -2.11. The minimum Gasteiger partial charge on any atom is -0.508 e. The number of rotatable bonds is 25. The van der Waals surface area contributed by atoms with Crippen LogP contribution in [0.2, 0.25) is 0 Å². The molecular formula is C86H87BrN6O8. The first-order valence-electron chi connectivity index (χ1n) is 35.6. The van der Waals surface area contributed by atoms with Crippen LogP contribution in [0.15, 0.2) is 182 Å². The highest BCUT2D eigenvalue weighted by molar-refractivity contribution is 9.09. The summed E-state index contributed by atoms with van der Waals surface area (Å²) in [5.74, 6) is 4.20. The van der Waals surface area contributed by atoms with E-state index >= 15 is 0 Å². The number of unbranched alkanes of at least 4 members (excludes halogenated alkanes) is 3. The van der Waals surface area contributed by atoms with Gasteiger partial charge < -0.3 is 40.1 Å². The zero-order valence-corrected chi connectivity index (χ0v) is 59.8. The Morgan fingerprint density at radius 1 is 0.307 bits per heavy atom. The van der Waals surface area contributed by atoms with Gasteiger partial charge in [-0.05, 0) is 164 Å². The Morgan fingerprint density at radius 3 is 0.911 bits per heavy atom. The first-order chi connectivity index (χ1) is 49.2. The van der Waals surface area contributed by atoms with E-state index in [1.54, 1.807) is 24.3 Å². The number of benzene rings is 10. The van der Waals surface area contributed by atoms with Gasteiger partial charge in [0.1, 0.15) is 46.0 Å². The Hall–Kier alpha value is -10.4. The summed E-state index contributed by atoms with van der Waals surface area (Å²) in [6.45, 7) is 14.5. The van der Waals surface area contributed by atoms with Crippen molar-refractivity contribution >= 4 is 37.5 Å². The summed E-state index contributed by atoms with van der Waals surface area (Å²) in [5, 5.41) is 69.0. The third-order valence-corrected chi connectivity index (χ3v) is 20.4. The molecule has 3 unspecified atom stereocenters. The lowest BCUT2D eigenvalue weighted by molar-refractivity contribution is 0.232. The minimum absolute atomic E-state index is 0.00888. The highest BCUT2D eigenvalue weighted by Crippen LogP contribution is 2.51. The van der Waals surface area contributed by atoms with Crippen LogP contribution in [0.4, 0.5) is 0 Å². The van der Waals surface area contributed by atoms with Gasteiger partial charge in [0.25, 0.3) is 0 Å². The van der Waals surface area contributed by atoms with Gasteiger partial charge in [0, 0.05) is 40.7 Å². The smallest absolute Gasteiger partial charge is 0.167 e. The number of hydrogen-bond acceptors (Lipinski definition) is 14. The van der Waals surface area contributed by atoms with E-state index in [1.807, 2.05) is 42.5 Å². The number of halogens is 1. The monoisotopic (exact) mass is 1410 g/mol. The van der Waals surface area contributed by atoms with Crippen LogP contribution in [0.25, 0.3) is 134 Å². The number of aromatic hydroxyl groups is 6. The van der Waals surface area contributed by atoms with E-state index in [0.717, 1.165) is 88.2 Å². The Labute approximate surface area is 599 Å². The van der Waals surface area contributed by atoms with E-state index < -0.39 is 0 Å². The topological polar surface area (TPSA) is 217 Å². The molecule has 2 heterocycles. The maximum Gasteiger partial charge on any atom is 0.167 e. The van der Waals surface area contributed by atoms with Gasteiger partial charge >= 0.3 is 0 Å². The Bertz CT molecular complexity index is 4730. The number of fused-ring (bicyclic) bond motifs is 6. The van der Waals surface area contributed by atoms with Crippen LogP contribution in [0, 0.1) is 17.8 Å². The van der Waals surface area contributed by atoms with Crippen molar-refractivity contribution in [3.05, 3.63) is 182 Å². The van der Waals surface area contributed by atoms with E-state index in [-0.39, 0.29) is 46.1 Å². The van der Waals surface area contributed by atoms with Crippen LogP contribution < -0.4 is 9.47 Å². The zero-order valence-electron chi connectivity index (χ0n) is 58.2. The van der Waals surface area contributed by atoms with Crippen LogP contribution in [-0.4, -0.2) is 79.1 Å². The fourth-order valence-corrected chi connectivity index (χ4v) is 14.4. The van der Waals surface area contributed by atoms with E-state index in [9.17, 15) is 30.6 Å². The number of alkyl halides is 1. The summed E-state index contributed by atoms with van der Waals surface area (Å²) in [6, 6.07) is 56.4. The van der Waals surface area contributed by atoms with E-state index in [0.29, 0.717) is 82.1 Å². The number of aromatic nitrogens is 6. The molecule has 2 aliphatic carbocycles. The number of phenols is 6. The van der Waals surface area contributed by atoms with Gasteiger partial charge in [-0.15, -0.1) is 0 Å². The summed E-state index contributed by atoms with van der Waals surface area (Å²) < 4.78 is 12.3. The van der Waals surface area contributed by atoms with Gasteiger partial charge in [0.05, 0.1) is 35.5 Å². The van der Waals surface area contributed by atoms with Gasteiger partial charge in [0.15, 0.2) is 34.9 Å². The molecule has 0 aliphatic heterocycles. The summed E-state index contributed by atoms with van der Waals surface area (Å²) in [5.41, 5.74) is 12.5. The molecule has 516 valence electrons. The van der Waals surface area contributed by atoms with Gasteiger partial charge in [-0.2, -0.15) is 0 Å². The number of phenolic OH excluding ortho intramolecular Hbond substituents is 6. The standard InChI is InChI=1S/C47H51N3O4.C31H19N3O4.C8H17Br/c1-5-9-14-30(7-3)28-53-32-20-22-40(42(51)26-32)46-48-45(39-25-24-38-35-17-12-11-16-34(35)36-18-13-19-37(39)44(36)38)49-47(50-46)41-23-21-33(27-43(41)52)54-29-31(8-4)15-10-6-2;35-16-8-10-24(26(37)14-16)30-32-29(33-31(34-30)25-11-9-17(36)15-27(25)38)23-13-12-22-19-5-2-1-4-18(19)20-6-3-7-21(23)28(20)22;1-3-5-6-8(4-2)7-9/h11-13,16-27,30-31,51-52H,5-10,14-15,28-29H2,1-4H3;1-15,35-38H;8H,3-7H2,1-2H3. The minimum atomic E-state index is -0.195. The maximum absolute atomic E-state index is 11.4. The average molecular weight is 1410 g/mol. The maximum atomic E-state index is 11.4. The van der Waals surface area contributed by atoms with Crippen molar-refractivity contribution < 1.29 is 40.1 Å². The van der Waals surface area contributed by atoms with Crippen molar-refractivity contribution in [1.82, 2.24) is 29.9 Å². The first-order valence-corrected chi connectivity index (χ1v) is 36.7. The van der Waals surface area contributed by atoms with Gasteiger partial charge in [-0.1, -0.05) is 212 Å². The van der Waals surface area contributed by atoms with E-state index in [2.05, 4.69) is 141 Å². The quantitative estimate of drug-likeness (QED) is 0.0294. The molecule has 101 heavy (non-hydrogen) atoms.